The van der Waals surface area contributed by atoms with Crippen LogP contribution in [0.25, 0.3) is 0 Å². The molecule has 3 heteroatoms. The summed E-state index contributed by atoms with van der Waals surface area (Å²) in [4.78, 5) is 0. The fourth-order valence-corrected chi connectivity index (χ4v) is 1.04. The lowest BCUT2D eigenvalue weighted by Gasteiger charge is -2.01. The Kier molecular flexibility index (Phi) is 4.58. The van der Waals surface area contributed by atoms with Crippen molar-refractivity contribution in [3.8, 4) is 11.5 Å². The second kappa shape index (κ2) is 4.37. The normalized spacial score (nSPS) is 9.70. The van der Waals surface area contributed by atoms with Gasteiger partial charge in [-0.25, -0.2) is 0 Å². The summed E-state index contributed by atoms with van der Waals surface area (Å²) in [5.41, 5.74) is 3.21. The average Bonchev–Trinajstić information content (AvgIpc) is 1.59. The van der Waals surface area contributed by atoms with Crippen molar-refractivity contribution in [2.45, 2.75) is 19.6 Å². The van der Waals surface area contributed by atoms with Gasteiger partial charge in [0.2, 0.25) is 0 Å². The molecule has 0 fully saturated rings. The van der Waals surface area contributed by atoms with Crippen LogP contribution in [-0.4, -0.2) is 8.07 Å². The van der Waals surface area contributed by atoms with E-state index in [9.17, 15) is 0 Å². The number of hydrogen-bond donors (Lipinski definition) is 0. The summed E-state index contributed by atoms with van der Waals surface area (Å²) in [7, 11) is -1.17. The molecule has 56 valence electrons. The van der Waals surface area contributed by atoms with Gasteiger partial charge in [-0.15, -0.1) is 5.54 Å². The van der Waals surface area contributed by atoms with Crippen molar-refractivity contribution in [2.75, 3.05) is 0 Å². The van der Waals surface area contributed by atoms with E-state index in [0.29, 0.717) is 0 Å². The molecule has 0 unspecified atom stereocenters. The van der Waals surface area contributed by atoms with E-state index in [-0.39, 0.29) is 0 Å². The summed E-state index contributed by atoms with van der Waals surface area (Å²) in [5.74, 6) is 2.98. The Bertz CT molecular complexity index is 186. The van der Waals surface area contributed by atoms with E-state index in [1.807, 2.05) is 6.08 Å². The molecule has 0 amide bonds. The summed E-state index contributed by atoms with van der Waals surface area (Å²) >= 11 is 6.47. The van der Waals surface area contributed by atoms with Crippen LogP contribution < -0.4 is 0 Å². The monoisotopic (exact) mass is 280 g/mol. The van der Waals surface area contributed by atoms with Crippen molar-refractivity contribution in [1.82, 2.24) is 0 Å². The van der Waals surface area contributed by atoms with Gasteiger partial charge in [0.25, 0.3) is 0 Å². The topological polar surface area (TPSA) is 0 Å². The van der Waals surface area contributed by atoms with Gasteiger partial charge in [0.15, 0.2) is 0 Å². The van der Waals surface area contributed by atoms with Crippen LogP contribution in [0.5, 0.6) is 0 Å². The van der Waals surface area contributed by atoms with E-state index in [0.717, 1.165) is 3.39 Å². The highest BCUT2D eigenvalue weighted by Crippen LogP contribution is 2.11. The average molecular weight is 282 g/mol. The predicted molar refractivity (Wildman–Crippen MR) is 57.1 cm³/mol. The SMILES string of the molecule is C[Si](C)(C)C#CC=C(Br)Br. The second-order valence-corrected chi connectivity index (χ2v) is 10.5. The first-order chi connectivity index (χ1) is 4.42. The summed E-state index contributed by atoms with van der Waals surface area (Å²) in [5, 5.41) is 0. The first-order valence-corrected chi connectivity index (χ1v) is 8.04. The highest BCUT2D eigenvalue weighted by molar-refractivity contribution is 9.28. The van der Waals surface area contributed by atoms with E-state index in [4.69, 9.17) is 0 Å². The summed E-state index contributed by atoms with van der Waals surface area (Å²) in [6.07, 6.45) is 1.82. The van der Waals surface area contributed by atoms with Crippen LogP contribution in [0.2, 0.25) is 19.6 Å². The van der Waals surface area contributed by atoms with Crippen LogP contribution in [0.15, 0.2) is 9.47 Å². The van der Waals surface area contributed by atoms with E-state index < -0.39 is 8.07 Å². The summed E-state index contributed by atoms with van der Waals surface area (Å²) < 4.78 is 0.908. The maximum absolute atomic E-state index is 3.23. The molecule has 0 aromatic heterocycles. The highest BCUT2D eigenvalue weighted by Gasteiger charge is 2.06. The molecule has 0 saturated carbocycles. The molecular weight excluding hydrogens is 272 g/mol. The molecule has 0 bridgehead atoms. The minimum atomic E-state index is -1.17. The molecule has 0 aromatic rings. The van der Waals surface area contributed by atoms with Crippen molar-refractivity contribution >= 4 is 39.9 Å². The fraction of sp³-hybridized carbons (Fsp3) is 0.429. The zero-order valence-electron chi connectivity index (χ0n) is 6.33. The van der Waals surface area contributed by atoms with E-state index >= 15 is 0 Å². The molecule has 0 heterocycles. The van der Waals surface area contributed by atoms with Crippen LogP contribution in [0.4, 0.5) is 0 Å². The van der Waals surface area contributed by atoms with Gasteiger partial charge in [-0.3, -0.25) is 0 Å². The summed E-state index contributed by atoms with van der Waals surface area (Å²) in [6, 6.07) is 0. The van der Waals surface area contributed by atoms with Crippen LogP contribution >= 0.6 is 31.9 Å². The largest absolute Gasteiger partial charge is 0.129 e. The quantitative estimate of drug-likeness (QED) is 0.471. The molecule has 0 spiro atoms. The van der Waals surface area contributed by atoms with Gasteiger partial charge >= 0.3 is 0 Å². The smallest absolute Gasteiger partial charge is 0.127 e. The molecule has 0 saturated heterocycles. The first-order valence-electron chi connectivity index (χ1n) is 2.96. The molecule has 0 nitrogen and oxygen atoms in total. The number of halogens is 2. The molecule has 0 rings (SSSR count). The molecule has 0 radical (unpaired) electrons. The maximum Gasteiger partial charge on any atom is 0.129 e. The Morgan fingerprint density at radius 3 is 2.10 bits per heavy atom. The van der Waals surface area contributed by atoms with E-state index in [2.05, 4.69) is 63.0 Å². The molecule has 0 aliphatic heterocycles. The molecule has 0 atom stereocenters. The Hall–Kier alpha value is 0.477. The maximum atomic E-state index is 3.23. The molecule has 0 N–H and O–H groups in total. The van der Waals surface area contributed by atoms with Crippen LogP contribution in [0.3, 0.4) is 0 Å². The zero-order chi connectivity index (χ0) is 8.20. The third kappa shape index (κ3) is 8.48. The van der Waals surface area contributed by atoms with Gasteiger partial charge in [-0.2, -0.15) is 0 Å². The first kappa shape index (κ1) is 10.5. The Morgan fingerprint density at radius 2 is 1.80 bits per heavy atom. The molecular formula is C7H10Br2Si. The van der Waals surface area contributed by atoms with Gasteiger partial charge in [-0.05, 0) is 31.9 Å². The van der Waals surface area contributed by atoms with Crippen LogP contribution in [0, 0.1) is 11.5 Å². The van der Waals surface area contributed by atoms with Gasteiger partial charge in [0.05, 0.1) is 3.39 Å². The third-order valence-corrected chi connectivity index (χ3v) is 1.98. The van der Waals surface area contributed by atoms with Gasteiger partial charge in [-0.1, -0.05) is 25.6 Å². The molecule has 0 aromatic carbocycles. The molecule has 0 aliphatic carbocycles. The second-order valence-electron chi connectivity index (χ2n) is 2.95. The lowest BCUT2D eigenvalue weighted by molar-refractivity contribution is 1.81. The van der Waals surface area contributed by atoms with Crippen molar-refractivity contribution in [3.63, 3.8) is 0 Å². The Balaban J connectivity index is 4.07. The van der Waals surface area contributed by atoms with Gasteiger partial charge < -0.3 is 0 Å². The fourth-order valence-electron chi connectivity index (χ4n) is 0.307. The van der Waals surface area contributed by atoms with Crippen LogP contribution in [-0.2, 0) is 0 Å². The number of rotatable bonds is 0. The predicted octanol–water partition coefficient (Wildman–Crippen LogP) is 3.50. The van der Waals surface area contributed by atoms with Gasteiger partial charge in [0.1, 0.15) is 8.07 Å². The third-order valence-electron chi connectivity index (χ3n) is 0.628. The van der Waals surface area contributed by atoms with E-state index in [1.54, 1.807) is 0 Å². The van der Waals surface area contributed by atoms with Crippen molar-refractivity contribution < 1.29 is 0 Å². The van der Waals surface area contributed by atoms with Crippen molar-refractivity contribution in [1.29, 1.82) is 0 Å². The van der Waals surface area contributed by atoms with E-state index in [1.165, 1.54) is 0 Å². The lowest BCUT2D eigenvalue weighted by atomic mass is 10.7. The molecule has 10 heavy (non-hydrogen) atoms. The molecule has 0 aliphatic rings. The highest BCUT2D eigenvalue weighted by atomic mass is 79.9. The van der Waals surface area contributed by atoms with Crippen molar-refractivity contribution in [3.05, 3.63) is 9.47 Å². The number of hydrogen-bond acceptors (Lipinski definition) is 0. The minimum Gasteiger partial charge on any atom is -0.127 e. The minimum absolute atomic E-state index is 0.908. The Morgan fingerprint density at radius 1 is 1.30 bits per heavy atom. The zero-order valence-corrected chi connectivity index (χ0v) is 10.5. The standard InChI is InChI=1S/C7H10Br2Si/c1-10(2,3)6-4-5-7(8)9/h5H,1-3H3. The van der Waals surface area contributed by atoms with Gasteiger partial charge in [0, 0.05) is 6.08 Å². The number of allylic oxidation sites excluding steroid dienone is 1. The van der Waals surface area contributed by atoms with Crippen molar-refractivity contribution in [2.24, 2.45) is 0 Å². The lowest BCUT2D eigenvalue weighted by Crippen LogP contribution is -2.16. The van der Waals surface area contributed by atoms with Crippen LogP contribution in [0.1, 0.15) is 0 Å². The Labute approximate surface area is 80.4 Å². The summed E-state index contributed by atoms with van der Waals surface area (Å²) in [6.45, 7) is 6.65.